The van der Waals surface area contributed by atoms with E-state index in [0.29, 0.717) is 22.2 Å². The molecule has 4 rings (SSSR count). The standard InChI is InChI=1S/C18H13Cl2N3O/c1-9-2-4-12-10(6-9)7-13-16(18(21)24)22-23(17(12)13)15-5-3-11(19)8-14(15)20/h2-6,8H,7H2,1H3,(H2,21,24). The molecule has 0 bridgehead atoms. The zero-order chi connectivity index (χ0) is 17.0. The largest absolute Gasteiger partial charge is 0.364 e. The fraction of sp³-hybridized carbons (Fsp3) is 0.111. The Kier molecular flexibility index (Phi) is 3.41. The molecule has 0 fully saturated rings. The van der Waals surface area contributed by atoms with E-state index in [1.165, 1.54) is 5.56 Å². The van der Waals surface area contributed by atoms with Crippen LogP contribution < -0.4 is 5.73 Å². The topological polar surface area (TPSA) is 60.9 Å². The number of aromatic nitrogens is 2. The van der Waals surface area contributed by atoms with Crippen LogP contribution >= 0.6 is 23.2 Å². The Bertz CT molecular complexity index is 1010. The van der Waals surface area contributed by atoms with Gasteiger partial charge in [-0.05, 0) is 30.7 Å². The lowest BCUT2D eigenvalue weighted by atomic mass is 10.1. The van der Waals surface area contributed by atoms with Gasteiger partial charge in [-0.25, -0.2) is 4.68 Å². The van der Waals surface area contributed by atoms with Crippen molar-refractivity contribution in [1.29, 1.82) is 0 Å². The number of nitrogens with zero attached hydrogens (tertiary/aromatic N) is 2. The van der Waals surface area contributed by atoms with E-state index in [1.807, 2.05) is 19.1 Å². The van der Waals surface area contributed by atoms with Crippen molar-refractivity contribution in [3.8, 4) is 16.9 Å². The predicted molar refractivity (Wildman–Crippen MR) is 95.1 cm³/mol. The summed E-state index contributed by atoms with van der Waals surface area (Å²) in [5.41, 5.74) is 11.6. The molecule has 120 valence electrons. The second kappa shape index (κ2) is 5.36. The molecular weight excluding hydrogens is 345 g/mol. The molecule has 24 heavy (non-hydrogen) atoms. The maximum absolute atomic E-state index is 11.9. The van der Waals surface area contributed by atoms with Crippen molar-refractivity contribution in [1.82, 2.24) is 9.78 Å². The summed E-state index contributed by atoms with van der Waals surface area (Å²) in [5.74, 6) is -0.542. The van der Waals surface area contributed by atoms with Gasteiger partial charge in [-0.3, -0.25) is 4.79 Å². The highest BCUT2D eigenvalue weighted by Crippen LogP contribution is 2.41. The molecule has 1 heterocycles. The van der Waals surface area contributed by atoms with Gasteiger partial charge in [0.05, 0.1) is 16.4 Å². The molecule has 0 saturated carbocycles. The van der Waals surface area contributed by atoms with Crippen LogP contribution in [0.25, 0.3) is 16.9 Å². The Balaban J connectivity index is 2.02. The predicted octanol–water partition coefficient (Wildman–Crippen LogP) is 4.16. The first-order valence-corrected chi connectivity index (χ1v) is 8.18. The number of amides is 1. The zero-order valence-corrected chi connectivity index (χ0v) is 14.3. The highest BCUT2D eigenvalue weighted by Gasteiger charge is 2.30. The van der Waals surface area contributed by atoms with Crippen LogP contribution in [0.15, 0.2) is 36.4 Å². The van der Waals surface area contributed by atoms with Crippen LogP contribution in [0.2, 0.25) is 10.0 Å². The highest BCUT2D eigenvalue weighted by atomic mass is 35.5. The number of primary amides is 1. The summed E-state index contributed by atoms with van der Waals surface area (Å²) in [6.07, 6.45) is 0.635. The van der Waals surface area contributed by atoms with Gasteiger partial charge < -0.3 is 5.73 Å². The number of hydrogen-bond acceptors (Lipinski definition) is 2. The third-order valence-corrected chi connectivity index (χ3v) is 4.78. The van der Waals surface area contributed by atoms with Gasteiger partial charge in [0.25, 0.3) is 5.91 Å². The molecule has 1 aliphatic carbocycles. The van der Waals surface area contributed by atoms with Gasteiger partial charge in [-0.15, -0.1) is 0 Å². The quantitative estimate of drug-likeness (QED) is 0.585. The van der Waals surface area contributed by atoms with E-state index < -0.39 is 5.91 Å². The second-order valence-electron chi connectivity index (χ2n) is 5.88. The van der Waals surface area contributed by atoms with E-state index in [1.54, 1.807) is 22.9 Å². The van der Waals surface area contributed by atoms with E-state index in [4.69, 9.17) is 28.9 Å². The smallest absolute Gasteiger partial charge is 0.269 e. The molecule has 1 amide bonds. The number of benzene rings is 2. The van der Waals surface area contributed by atoms with Crippen LogP contribution in [0.1, 0.15) is 27.2 Å². The molecule has 4 nitrogen and oxygen atoms in total. The highest BCUT2D eigenvalue weighted by molar-refractivity contribution is 6.35. The summed E-state index contributed by atoms with van der Waals surface area (Å²) in [7, 11) is 0. The average molecular weight is 358 g/mol. The van der Waals surface area contributed by atoms with E-state index in [0.717, 1.165) is 22.4 Å². The van der Waals surface area contributed by atoms with Crippen molar-refractivity contribution in [2.45, 2.75) is 13.3 Å². The summed E-state index contributed by atoms with van der Waals surface area (Å²) in [4.78, 5) is 11.9. The van der Waals surface area contributed by atoms with Crippen molar-refractivity contribution < 1.29 is 4.79 Å². The molecule has 0 unspecified atom stereocenters. The van der Waals surface area contributed by atoms with Crippen LogP contribution in [0.4, 0.5) is 0 Å². The zero-order valence-electron chi connectivity index (χ0n) is 12.8. The Morgan fingerprint density at radius 2 is 2.00 bits per heavy atom. The minimum Gasteiger partial charge on any atom is -0.364 e. The molecule has 0 saturated heterocycles. The number of hydrogen-bond donors (Lipinski definition) is 1. The Hall–Kier alpha value is -2.30. The molecule has 0 aliphatic heterocycles. The molecule has 1 aliphatic rings. The fourth-order valence-electron chi connectivity index (χ4n) is 3.21. The van der Waals surface area contributed by atoms with E-state index in [2.05, 4.69) is 11.2 Å². The van der Waals surface area contributed by atoms with Crippen LogP contribution in [-0.2, 0) is 6.42 Å². The summed E-state index contributed by atoms with van der Waals surface area (Å²) >= 11 is 12.3. The molecule has 0 spiro atoms. The fourth-order valence-corrected chi connectivity index (χ4v) is 3.70. The molecule has 0 atom stereocenters. The van der Waals surface area contributed by atoms with E-state index in [-0.39, 0.29) is 5.69 Å². The number of carbonyl (C=O) groups excluding carboxylic acids is 1. The van der Waals surface area contributed by atoms with Crippen LogP contribution in [-0.4, -0.2) is 15.7 Å². The van der Waals surface area contributed by atoms with Gasteiger partial charge in [0.15, 0.2) is 5.69 Å². The van der Waals surface area contributed by atoms with Crippen molar-refractivity contribution in [2.75, 3.05) is 0 Å². The SMILES string of the molecule is Cc1ccc2c(c1)Cc1c(C(N)=O)nn(-c3ccc(Cl)cc3Cl)c1-2. The van der Waals surface area contributed by atoms with Gasteiger partial charge in [-0.1, -0.05) is 47.0 Å². The molecule has 2 aromatic carbocycles. The number of fused-ring (bicyclic) bond motifs is 3. The van der Waals surface area contributed by atoms with Gasteiger partial charge in [0.2, 0.25) is 0 Å². The molecule has 2 N–H and O–H groups in total. The van der Waals surface area contributed by atoms with Crippen LogP contribution in [0, 0.1) is 6.92 Å². The van der Waals surface area contributed by atoms with Gasteiger partial charge in [-0.2, -0.15) is 5.10 Å². The number of carbonyl (C=O) groups is 1. The Labute approximate surface area is 148 Å². The Morgan fingerprint density at radius 3 is 2.71 bits per heavy atom. The third kappa shape index (κ3) is 2.22. The van der Waals surface area contributed by atoms with Crippen molar-refractivity contribution in [3.05, 3.63) is 68.8 Å². The van der Waals surface area contributed by atoms with E-state index in [9.17, 15) is 4.79 Å². The lowest BCUT2D eigenvalue weighted by molar-refractivity contribution is 0.0994. The normalized spacial score (nSPS) is 12.1. The van der Waals surface area contributed by atoms with Gasteiger partial charge >= 0.3 is 0 Å². The van der Waals surface area contributed by atoms with Crippen molar-refractivity contribution in [3.63, 3.8) is 0 Å². The summed E-state index contributed by atoms with van der Waals surface area (Å²) in [6.45, 7) is 2.04. The maximum Gasteiger partial charge on any atom is 0.269 e. The molecular formula is C18H13Cl2N3O. The first-order valence-electron chi connectivity index (χ1n) is 7.42. The molecule has 0 radical (unpaired) electrons. The monoisotopic (exact) mass is 357 g/mol. The van der Waals surface area contributed by atoms with Crippen molar-refractivity contribution >= 4 is 29.1 Å². The molecule has 6 heteroatoms. The summed E-state index contributed by atoms with van der Waals surface area (Å²) in [5, 5.41) is 5.43. The maximum atomic E-state index is 11.9. The van der Waals surface area contributed by atoms with Crippen LogP contribution in [0.3, 0.4) is 0 Å². The molecule has 3 aromatic rings. The number of aryl methyl sites for hydroxylation is 1. The van der Waals surface area contributed by atoms with Crippen molar-refractivity contribution in [2.24, 2.45) is 5.73 Å². The lowest BCUT2D eigenvalue weighted by Crippen LogP contribution is -2.14. The number of nitrogens with two attached hydrogens (primary N) is 1. The minimum atomic E-state index is -0.542. The minimum absolute atomic E-state index is 0.282. The molecule has 1 aromatic heterocycles. The number of halogens is 2. The first-order chi connectivity index (χ1) is 11.5. The third-order valence-electron chi connectivity index (χ3n) is 4.24. The van der Waals surface area contributed by atoms with Gasteiger partial charge in [0.1, 0.15) is 0 Å². The van der Waals surface area contributed by atoms with Crippen LogP contribution in [0.5, 0.6) is 0 Å². The van der Waals surface area contributed by atoms with Gasteiger partial charge in [0, 0.05) is 22.6 Å². The first kappa shape index (κ1) is 15.2. The summed E-state index contributed by atoms with van der Waals surface area (Å²) < 4.78 is 1.69. The van der Waals surface area contributed by atoms with E-state index >= 15 is 0 Å². The lowest BCUT2D eigenvalue weighted by Gasteiger charge is -2.10. The summed E-state index contributed by atoms with van der Waals surface area (Å²) in [6, 6.07) is 11.4. The average Bonchev–Trinajstić information content (AvgIpc) is 3.03. The number of rotatable bonds is 2. The second-order valence-corrected chi connectivity index (χ2v) is 6.73. The Morgan fingerprint density at radius 1 is 1.21 bits per heavy atom.